The number of halogens is 2. The zero-order chi connectivity index (χ0) is 15.9. The second-order valence-electron chi connectivity index (χ2n) is 4.92. The Kier molecular flexibility index (Phi) is 9.11. The summed E-state index contributed by atoms with van der Waals surface area (Å²) in [6.07, 6.45) is -0.553. The van der Waals surface area contributed by atoms with Gasteiger partial charge in [0.05, 0.1) is 16.4 Å². The van der Waals surface area contributed by atoms with Crippen molar-refractivity contribution in [3.05, 3.63) is 56.7 Å². The quantitative estimate of drug-likeness (QED) is 0.365. The van der Waals surface area contributed by atoms with E-state index in [1.807, 2.05) is 48.3 Å². The van der Waals surface area contributed by atoms with Crippen LogP contribution in [0.2, 0.25) is 0 Å². The van der Waals surface area contributed by atoms with Crippen molar-refractivity contribution >= 4 is 57.2 Å². The van der Waals surface area contributed by atoms with Gasteiger partial charge in [-0.3, -0.25) is 4.99 Å². The standard InChI is InChI=1S/C16H20BrN3OS.HI/c1-18-16(20(2)11-13-8-9-15(17)22-13)19-10-14(21)12-6-4-3-5-7-12;/h3-9,14,21H,10-11H2,1-2H3,(H,18,19);1H. The molecule has 0 fully saturated rings. The Morgan fingerprint density at radius 3 is 2.57 bits per heavy atom. The molecule has 0 radical (unpaired) electrons. The molecule has 0 saturated carbocycles. The average molecular weight is 510 g/mol. The van der Waals surface area contributed by atoms with Gasteiger partial charge < -0.3 is 15.3 Å². The third-order valence-corrected chi connectivity index (χ3v) is 4.84. The summed E-state index contributed by atoms with van der Waals surface area (Å²) in [5, 5.41) is 13.4. The number of thiophene rings is 1. The zero-order valence-electron chi connectivity index (χ0n) is 13.1. The molecule has 0 spiro atoms. The van der Waals surface area contributed by atoms with Crippen LogP contribution in [0.5, 0.6) is 0 Å². The van der Waals surface area contributed by atoms with Gasteiger partial charge in [0.2, 0.25) is 0 Å². The van der Waals surface area contributed by atoms with Crippen LogP contribution >= 0.6 is 51.2 Å². The van der Waals surface area contributed by atoms with Gasteiger partial charge in [0.1, 0.15) is 0 Å². The molecule has 0 aliphatic heterocycles. The van der Waals surface area contributed by atoms with Crippen molar-refractivity contribution in [2.24, 2.45) is 4.99 Å². The summed E-state index contributed by atoms with van der Waals surface area (Å²) in [5.74, 6) is 0.763. The molecule has 1 aromatic heterocycles. The Morgan fingerprint density at radius 2 is 2.00 bits per heavy atom. The van der Waals surface area contributed by atoms with Crippen LogP contribution in [0, 0.1) is 0 Å². The van der Waals surface area contributed by atoms with Gasteiger partial charge in [0.25, 0.3) is 0 Å². The van der Waals surface area contributed by atoms with Gasteiger partial charge in [-0.1, -0.05) is 30.3 Å². The molecule has 1 atom stereocenters. The number of rotatable bonds is 5. The lowest BCUT2D eigenvalue weighted by atomic mass is 10.1. The molecule has 4 nitrogen and oxygen atoms in total. The first-order chi connectivity index (χ1) is 10.6. The minimum Gasteiger partial charge on any atom is -0.387 e. The molecule has 0 aliphatic rings. The van der Waals surface area contributed by atoms with Crippen LogP contribution in [0.25, 0.3) is 0 Å². The maximum atomic E-state index is 10.2. The second-order valence-corrected chi connectivity index (χ2v) is 7.46. The van der Waals surface area contributed by atoms with Gasteiger partial charge in [0, 0.05) is 25.5 Å². The molecule has 0 bridgehead atoms. The molecule has 0 amide bonds. The van der Waals surface area contributed by atoms with Crippen LogP contribution in [0.1, 0.15) is 16.5 Å². The molecule has 2 rings (SSSR count). The number of hydrogen-bond acceptors (Lipinski definition) is 3. The molecule has 1 unspecified atom stereocenters. The molecule has 1 aromatic carbocycles. The van der Waals surface area contributed by atoms with E-state index in [1.165, 1.54) is 4.88 Å². The summed E-state index contributed by atoms with van der Waals surface area (Å²) in [6, 6.07) is 13.8. The van der Waals surface area contributed by atoms with Gasteiger partial charge in [-0.2, -0.15) is 0 Å². The molecular weight excluding hydrogens is 489 g/mol. The topological polar surface area (TPSA) is 47.9 Å². The van der Waals surface area contributed by atoms with Crippen LogP contribution in [0.4, 0.5) is 0 Å². The maximum Gasteiger partial charge on any atom is 0.193 e. The number of guanidine groups is 1. The van der Waals surface area contributed by atoms with Crippen molar-refractivity contribution in [2.45, 2.75) is 12.6 Å². The number of nitrogens with one attached hydrogen (secondary N) is 1. The number of hydrogen-bond donors (Lipinski definition) is 2. The fourth-order valence-corrected chi connectivity index (χ4v) is 3.65. The molecule has 1 heterocycles. The minimum absolute atomic E-state index is 0. The van der Waals surface area contributed by atoms with Crippen molar-refractivity contribution < 1.29 is 5.11 Å². The lowest BCUT2D eigenvalue weighted by molar-refractivity contribution is 0.179. The zero-order valence-corrected chi connectivity index (χ0v) is 17.8. The predicted octanol–water partition coefficient (Wildman–Crippen LogP) is 3.87. The lowest BCUT2D eigenvalue weighted by Gasteiger charge is -2.23. The number of nitrogens with zero attached hydrogens (tertiary/aromatic N) is 2. The highest BCUT2D eigenvalue weighted by Gasteiger charge is 2.11. The highest BCUT2D eigenvalue weighted by molar-refractivity contribution is 14.0. The Bertz CT molecular complexity index is 621. The summed E-state index contributed by atoms with van der Waals surface area (Å²) in [5.41, 5.74) is 0.898. The van der Waals surface area contributed by atoms with E-state index in [1.54, 1.807) is 18.4 Å². The van der Waals surface area contributed by atoms with Crippen LogP contribution in [-0.4, -0.2) is 36.6 Å². The van der Waals surface area contributed by atoms with Crippen LogP contribution in [0.3, 0.4) is 0 Å². The fourth-order valence-electron chi connectivity index (χ4n) is 2.11. The minimum atomic E-state index is -0.553. The Balaban J connectivity index is 0.00000264. The van der Waals surface area contributed by atoms with Gasteiger partial charge in [-0.25, -0.2) is 0 Å². The monoisotopic (exact) mass is 509 g/mol. The molecular formula is C16H21BrIN3OS. The Labute approximate surface area is 166 Å². The van der Waals surface area contributed by atoms with E-state index in [0.717, 1.165) is 21.9 Å². The van der Waals surface area contributed by atoms with Crippen molar-refractivity contribution in [2.75, 3.05) is 20.6 Å². The van der Waals surface area contributed by atoms with Crippen molar-refractivity contribution in [1.82, 2.24) is 10.2 Å². The molecule has 126 valence electrons. The average Bonchev–Trinajstić information content (AvgIpc) is 2.93. The van der Waals surface area contributed by atoms with Crippen LogP contribution in [0.15, 0.2) is 51.2 Å². The summed E-state index contributed by atoms with van der Waals surface area (Å²) in [4.78, 5) is 7.56. The Morgan fingerprint density at radius 1 is 1.30 bits per heavy atom. The highest BCUT2D eigenvalue weighted by Crippen LogP contribution is 2.23. The third-order valence-electron chi connectivity index (χ3n) is 3.23. The first-order valence-corrected chi connectivity index (χ1v) is 8.60. The first-order valence-electron chi connectivity index (χ1n) is 6.99. The lowest BCUT2D eigenvalue weighted by Crippen LogP contribution is -2.40. The fraction of sp³-hybridized carbons (Fsp3) is 0.312. The van der Waals surface area contributed by atoms with E-state index in [9.17, 15) is 5.11 Å². The van der Waals surface area contributed by atoms with E-state index < -0.39 is 6.10 Å². The van der Waals surface area contributed by atoms with E-state index in [0.29, 0.717) is 6.54 Å². The van der Waals surface area contributed by atoms with Crippen LogP contribution in [-0.2, 0) is 6.54 Å². The van der Waals surface area contributed by atoms with Gasteiger partial charge >= 0.3 is 0 Å². The normalized spacial score (nSPS) is 12.4. The largest absolute Gasteiger partial charge is 0.387 e. The van der Waals surface area contributed by atoms with Crippen molar-refractivity contribution in [1.29, 1.82) is 0 Å². The molecule has 0 saturated heterocycles. The van der Waals surface area contributed by atoms with E-state index in [-0.39, 0.29) is 24.0 Å². The van der Waals surface area contributed by atoms with Gasteiger partial charge in [0.15, 0.2) is 5.96 Å². The summed E-state index contributed by atoms with van der Waals surface area (Å²) in [6.45, 7) is 1.20. The summed E-state index contributed by atoms with van der Waals surface area (Å²) in [7, 11) is 3.73. The number of aliphatic hydroxyl groups is 1. The molecule has 2 N–H and O–H groups in total. The number of aliphatic imine (C=N–C) groups is 1. The van der Waals surface area contributed by atoms with Crippen molar-refractivity contribution in [3.63, 3.8) is 0 Å². The number of aliphatic hydroxyl groups excluding tert-OH is 1. The SMILES string of the molecule is CN=C(NCC(O)c1ccccc1)N(C)Cc1ccc(Br)s1.I. The van der Waals surface area contributed by atoms with Crippen molar-refractivity contribution in [3.8, 4) is 0 Å². The second kappa shape index (κ2) is 10.3. The van der Waals surface area contributed by atoms with E-state index >= 15 is 0 Å². The summed E-state index contributed by atoms with van der Waals surface area (Å²) < 4.78 is 1.12. The van der Waals surface area contributed by atoms with Gasteiger partial charge in [-0.15, -0.1) is 35.3 Å². The smallest absolute Gasteiger partial charge is 0.193 e. The highest BCUT2D eigenvalue weighted by atomic mass is 127. The first kappa shape index (κ1) is 20.4. The summed E-state index contributed by atoms with van der Waals surface area (Å²) >= 11 is 5.18. The maximum absolute atomic E-state index is 10.2. The van der Waals surface area contributed by atoms with Gasteiger partial charge in [-0.05, 0) is 33.6 Å². The number of benzene rings is 1. The Hall–Kier alpha value is -0.640. The molecule has 23 heavy (non-hydrogen) atoms. The molecule has 7 heteroatoms. The molecule has 2 aromatic rings. The predicted molar refractivity (Wildman–Crippen MR) is 112 cm³/mol. The van der Waals surface area contributed by atoms with E-state index in [4.69, 9.17) is 0 Å². The van der Waals surface area contributed by atoms with E-state index in [2.05, 4.69) is 32.3 Å². The molecule has 0 aliphatic carbocycles. The van der Waals surface area contributed by atoms with Crippen LogP contribution < -0.4 is 5.32 Å². The third kappa shape index (κ3) is 6.40.